The molecule has 1 amide bonds. The van der Waals surface area contributed by atoms with E-state index in [0.29, 0.717) is 5.56 Å². The van der Waals surface area contributed by atoms with E-state index < -0.39 is 0 Å². The molecule has 4 aromatic rings. The van der Waals surface area contributed by atoms with Gasteiger partial charge in [0.15, 0.2) is 0 Å². The highest BCUT2D eigenvalue weighted by molar-refractivity contribution is 5.96. The van der Waals surface area contributed by atoms with Gasteiger partial charge < -0.3 is 15.8 Å². The van der Waals surface area contributed by atoms with Crippen molar-refractivity contribution in [2.75, 3.05) is 6.54 Å². The number of hydrogen-bond acceptors (Lipinski definition) is 3. The maximum absolute atomic E-state index is 12.2. The van der Waals surface area contributed by atoms with Crippen molar-refractivity contribution in [3.05, 3.63) is 112 Å². The van der Waals surface area contributed by atoms with Crippen LogP contribution >= 0.6 is 0 Å². The molecule has 5 rings (SSSR count). The van der Waals surface area contributed by atoms with Crippen molar-refractivity contribution >= 4 is 16.7 Å². The van der Waals surface area contributed by atoms with Gasteiger partial charge in [-0.05, 0) is 85.7 Å². The predicted octanol–water partition coefficient (Wildman–Crippen LogP) is 6.97. The summed E-state index contributed by atoms with van der Waals surface area (Å²) in [5, 5.41) is 6.31. The fourth-order valence-electron chi connectivity index (χ4n) is 5.97. The summed E-state index contributed by atoms with van der Waals surface area (Å²) in [4.78, 5) is 12.2. The number of ether oxygens (including phenoxy) is 1. The van der Waals surface area contributed by atoms with E-state index in [-0.39, 0.29) is 24.0 Å². The number of nitrogens with one attached hydrogen (secondary N) is 1. The third-order valence-electron chi connectivity index (χ3n) is 7.87. The number of hydrogen-bond donors (Lipinski definition) is 2. The van der Waals surface area contributed by atoms with Gasteiger partial charge >= 0.3 is 0 Å². The van der Waals surface area contributed by atoms with Crippen LogP contribution in [0.5, 0.6) is 5.75 Å². The monoisotopic (exact) mass is 492 g/mol. The van der Waals surface area contributed by atoms with Crippen LogP contribution in [0.15, 0.2) is 78.9 Å². The van der Waals surface area contributed by atoms with Gasteiger partial charge in [0.1, 0.15) is 5.75 Å². The van der Waals surface area contributed by atoms with Crippen molar-refractivity contribution in [3.8, 4) is 5.75 Å². The number of aryl methyl sites for hydroxylation is 1. The highest BCUT2D eigenvalue weighted by atomic mass is 16.5. The van der Waals surface area contributed by atoms with Crippen LogP contribution in [0.25, 0.3) is 10.8 Å². The molecule has 0 aliphatic carbocycles. The van der Waals surface area contributed by atoms with Crippen molar-refractivity contribution in [1.82, 2.24) is 5.32 Å². The van der Waals surface area contributed by atoms with Crippen LogP contribution in [0, 0.1) is 13.8 Å². The Kier molecular flexibility index (Phi) is 7.29. The molecule has 0 spiro atoms. The summed E-state index contributed by atoms with van der Waals surface area (Å²) in [5.41, 5.74) is 12.0. The second kappa shape index (κ2) is 10.8. The number of carbonyl (C=O) groups excluding carboxylic acids is 1. The molecular formula is C33H36N2O2. The molecule has 0 fully saturated rings. The van der Waals surface area contributed by atoms with Gasteiger partial charge in [-0.25, -0.2) is 0 Å². The van der Waals surface area contributed by atoms with Crippen molar-refractivity contribution < 1.29 is 9.53 Å². The highest BCUT2D eigenvalue weighted by Crippen LogP contribution is 2.43. The summed E-state index contributed by atoms with van der Waals surface area (Å²) < 4.78 is 6.45. The number of primary amides is 1. The first-order valence-electron chi connectivity index (χ1n) is 13.3. The minimum atomic E-state index is -0.361. The molecule has 37 heavy (non-hydrogen) atoms. The van der Waals surface area contributed by atoms with E-state index >= 15 is 0 Å². The van der Waals surface area contributed by atoms with Crippen LogP contribution in [-0.4, -0.2) is 18.6 Å². The molecular weight excluding hydrogens is 456 g/mol. The maximum atomic E-state index is 12.2. The first-order valence-corrected chi connectivity index (χ1v) is 13.3. The minimum Gasteiger partial charge on any atom is -0.490 e. The van der Waals surface area contributed by atoms with Crippen molar-refractivity contribution in [3.63, 3.8) is 0 Å². The fourth-order valence-corrected chi connectivity index (χ4v) is 5.97. The van der Waals surface area contributed by atoms with E-state index in [2.05, 4.69) is 79.0 Å². The zero-order chi connectivity index (χ0) is 25.9. The lowest BCUT2D eigenvalue weighted by atomic mass is 9.80. The van der Waals surface area contributed by atoms with E-state index in [0.717, 1.165) is 42.7 Å². The fraction of sp³-hybridized carbons (Fsp3) is 0.303. The molecule has 0 radical (unpaired) electrons. The lowest BCUT2D eigenvalue weighted by Crippen LogP contribution is -2.28. The third-order valence-corrected chi connectivity index (χ3v) is 7.87. The van der Waals surface area contributed by atoms with Crippen LogP contribution in [0.2, 0.25) is 0 Å². The van der Waals surface area contributed by atoms with Gasteiger partial charge in [0, 0.05) is 23.1 Å². The molecule has 4 aromatic carbocycles. The predicted molar refractivity (Wildman–Crippen MR) is 151 cm³/mol. The van der Waals surface area contributed by atoms with E-state index in [9.17, 15) is 4.79 Å². The average Bonchev–Trinajstić information content (AvgIpc) is 2.90. The Hall–Kier alpha value is -3.63. The third kappa shape index (κ3) is 5.12. The number of rotatable bonds is 8. The minimum absolute atomic E-state index is 0.118. The van der Waals surface area contributed by atoms with E-state index in [4.69, 9.17) is 10.5 Å². The second-order valence-corrected chi connectivity index (χ2v) is 10.3. The van der Waals surface area contributed by atoms with Crippen LogP contribution in [0.4, 0.5) is 0 Å². The summed E-state index contributed by atoms with van der Waals surface area (Å²) in [6.45, 7) is 7.13. The Morgan fingerprint density at radius 1 is 0.973 bits per heavy atom. The lowest BCUT2D eigenvalue weighted by molar-refractivity contribution is 0.0999. The van der Waals surface area contributed by atoms with Crippen molar-refractivity contribution in [2.45, 2.75) is 58.1 Å². The summed E-state index contributed by atoms with van der Waals surface area (Å²) in [7, 11) is 0. The summed E-state index contributed by atoms with van der Waals surface area (Å²) in [6, 6.07) is 27.8. The van der Waals surface area contributed by atoms with Crippen LogP contribution < -0.4 is 15.8 Å². The molecule has 0 saturated carbocycles. The first kappa shape index (κ1) is 25.0. The van der Waals surface area contributed by atoms with Crippen LogP contribution in [0.3, 0.4) is 0 Å². The van der Waals surface area contributed by atoms with E-state index in [1.807, 2.05) is 26.0 Å². The molecule has 4 heteroatoms. The number of amides is 1. The number of fused-ring (bicyclic) bond motifs is 2. The van der Waals surface area contributed by atoms with Gasteiger partial charge in [-0.1, -0.05) is 72.8 Å². The standard InChI is InChI=1S/C33H36N2O2/c1-21-17-18-26(22(2)32(21)33(34)36)30-20-25(37-31-16-7-6-14-29(30)31)12-9-19-35-23(3)27-15-8-11-24-10-4-5-13-28(24)27/h4-8,10-11,13-18,23,25,30,35H,9,12,19-20H2,1-3H3,(H2,34,36)/t23-,25+,30+/m1/s1. The van der Waals surface area contributed by atoms with Gasteiger partial charge in [-0.2, -0.15) is 0 Å². The summed E-state index contributed by atoms with van der Waals surface area (Å²) in [6.07, 6.45) is 2.99. The number of carbonyl (C=O) groups is 1. The molecule has 1 aliphatic rings. The molecule has 0 aromatic heterocycles. The highest BCUT2D eigenvalue weighted by Gasteiger charge is 2.31. The van der Waals surface area contributed by atoms with Gasteiger partial charge in [-0.15, -0.1) is 0 Å². The molecule has 1 heterocycles. The zero-order valence-electron chi connectivity index (χ0n) is 22.0. The summed E-state index contributed by atoms with van der Waals surface area (Å²) in [5.74, 6) is 0.762. The van der Waals surface area contributed by atoms with Crippen LogP contribution in [-0.2, 0) is 0 Å². The molecule has 0 saturated heterocycles. The molecule has 0 bridgehead atoms. The SMILES string of the molecule is Cc1ccc([C@@H]2C[C@H](CCCN[C@H](C)c3cccc4ccccc34)Oc3ccccc32)c(C)c1C(N)=O. The number of benzene rings is 4. The first-order chi connectivity index (χ1) is 17.9. The quantitative estimate of drug-likeness (QED) is 0.261. The second-order valence-electron chi connectivity index (χ2n) is 10.3. The largest absolute Gasteiger partial charge is 0.490 e. The Morgan fingerprint density at radius 2 is 1.73 bits per heavy atom. The zero-order valence-corrected chi connectivity index (χ0v) is 22.0. The van der Waals surface area contributed by atoms with Gasteiger partial charge in [0.2, 0.25) is 5.91 Å². The topological polar surface area (TPSA) is 64.3 Å². The number of nitrogens with two attached hydrogens (primary N) is 1. The maximum Gasteiger partial charge on any atom is 0.249 e. The van der Waals surface area contributed by atoms with E-state index in [1.165, 1.54) is 27.5 Å². The smallest absolute Gasteiger partial charge is 0.249 e. The van der Waals surface area contributed by atoms with Crippen LogP contribution in [0.1, 0.15) is 76.3 Å². The normalized spacial score (nSPS) is 17.7. The Morgan fingerprint density at radius 3 is 2.57 bits per heavy atom. The molecule has 3 atom stereocenters. The summed E-state index contributed by atoms with van der Waals surface area (Å²) >= 11 is 0. The Balaban J connectivity index is 1.28. The van der Waals surface area contributed by atoms with Crippen molar-refractivity contribution in [2.24, 2.45) is 5.73 Å². The van der Waals surface area contributed by atoms with Gasteiger partial charge in [0.25, 0.3) is 0 Å². The molecule has 190 valence electrons. The average molecular weight is 493 g/mol. The molecule has 3 N–H and O–H groups in total. The Bertz CT molecular complexity index is 1420. The van der Waals surface area contributed by atoms with Crippen molar-refractivity contribution in [1.29, 1.82) is 0 Å². The van der Waals surface area contributed by atoms with Gasteiger partial charge in [-0.3, -0.25) is 4.79 Å². The van der Waals surface area contributed by atoms with Gasteiger partial charge in [0.05, 0.1) is 6.10 Å². The number of para-hydroxylation sites is 1. The lowest BCUT2D eigenvalue weighted by Gasteiger charge is -2.34. The molecule has 1 aliphatic heterocycles. The Labute approximate surface area is 219 Å². The van der Waals surface area contributed by atoms with E-state index in [1.54, 1.807) is 0 Å². The molecule has 4 nitrogen and oxygen atoms in total. The molecule has 0 unspecified atom stereocenters.